The SMILES string of the molecule is CC(c1nnc(SCc2cccc(F)c2F)n1-c1ccc(F)cc1)N1CCCCC1. The van der Waals surface area contributed by atoms with E-state index >= 15 is 0 Å². The normalized spacial score (nSPS) is 16.0. The van der Waals surface area contributed by atoms with E-state index in [-0.39, 0.29) is 23.2 Å². The first-order valence-electron chi connectivity index (χ1n) is 10.1. The van der Waals surface area contributed by atoms with Gasteiger partial charge in [0.1, 0.15) is 5.82 Å². The molecule has 3 aromatic rings. The van der Waals surface area contributed by atoms with Gasteiger partial charge in [-0.15, -0.1) is 10.2 Å². The van der Waals surface area contributed by atoms with Gasteiger partial charge in [-0.3, -0.25) is 9.47 Å². The average molecular weight is 433 g/mol. The second-order valence-electron chi connectivity index (χ2n) is 7.43. The lowest BCUT2D eigenvalue weighted by Crippen LogP contribution is -2.33. The van der Waals surface area contributed by atoms with Crippen molar-refractivity contribution in [2.45, 2.75) is 43.1 Å². The summed E-state index contributed by atoms with van der Waals surface area (Å²) in [7, 11) is 0. The fourth-order valence-electron chi connectivity index (χ4n) is 3.75. The van der Waals surface area contributed by atoms with E-state index in [1.807, 2.05) is 4.57 Å². The summed E-state index contributed by atoms with van der Waals surface area (Å²) in [5, 5.41) is 9.33. The lowest BCUT2D eigenvalue weighted by molar-refractivity contribution is 0.167. The molecule has 1 saturated heterocycles. The van der Waals surface area contributed by atoms with Crippen molar-refractivity contribution in [3.63, 3.8) is 0 Å². The van der Waals surface area contributed by atoms with Gasteiger partial charge in [0.25, 0.3) is 0 Å². The van der Waals surface area contributed by atoms with Gasteiger partial charge in [0.05, 0.1) is 6.04 Å². The third-order valence-electron chi connectivity index (χ3n) is 5.44. The van der Waals surface area contributed by atoms with Crippen LogP contribution in [0.4, 0.5) is 13.2 Å². The molecule has 0 aliphatic carbocycles. The van der Waals surface area contributed by atoms with Crippen molar-refractivity contribution >= 4 is 11.8 Å². The molecule has 1 aromatic heterocycles. The highest BCUT2D eigenvalue weighted by atomic mass is 32.2. The van der Waals surface area contributed by atoms with Crippen LogP contribution < -0.4 is 0 Å². The number of hydrogen-bond acceptors (Lipinski definition) is 4. The Hall–Kier alpha value is -2.32. The van der Waals surface area contributed by atoms with Gasteiger partial charge in [0.2, 0.25) is 0 Å². The second-order valence-corrected chi connectivity index (χ2v) is 8.37. The third kappa shape index (κ3) is 4.39. The Morgan fingerprint density at radius 1 is 0.967 bits per heavy atom. The summed E-state index contributed by atoms with van der Waals surface area (Å²) in [4.78, 5) is 2.37. The Morgan fingerprint density at radius 2 is 1.70 bits per heavy atom. The van der Waals surface area contributed by atoms with Crippen molar-refractivity contribution in [1.82, 2.24) is 19.7 Å². The molecule has 0 radical (unpaired) electrons. The standard InChI is InChI=1S/C22H23F3N4S/c1-15(28-12-3-2-4-13-28)21-26-27-22(29(21)18-10-8-17(23)9-11-18)30-14-16-6-5-7-19(24)20(16)25/h5-11,15H,2-4,12-14H2,1H3. The zero-order valence-electron chi connectivity index (χ0n) is 16.7. The van der Waals surface area contributed by atoms with Crippen molar-refractivity contribution in [2.75, 3.05) is 13.1 Å². The molecule has 4 rings (SSSR count). The molecule has 30 heavy (non-hydrogen) atoms. The molecule has 158 valence electrons. The number of halogens is 3. The molecule has 4 nitrogen and oxygen atoms in total. The molecule has 0 spiro atoms. The Bertz CT molecular complexity index is 1000. The van der Waals surface area contributed by atoms with Crippen LogP contribution in [0.3, 0.4) is 0 Å². The fraction of sp³-hybridized carbons (Fsp3) is 0.364. The number of likely N-dealkylation sites (tertiary alicyclic amines) is 1. The smallest absolute Gasteiger partial charge is 0.196 e. The molecule has 1 fully saturated rings. The maximum atomic E-state index is 14.1. The topological polar surface area (TPSA) is 34.0 Å². The lowest BCUT2D eigenvalue weighted by atomic mass is 10.1. The van der Waals surface area contributed by atoms with E-state index in [1.165, 1.54) is 36.4 Å². The summed E-state index contributed by atoms with van der Waals surface area (Å²) in [5.41, 5.74) is 1.00. The molecule has 1 unspecified atom stereocenters. The molecule has 2 aromatic carbocycles. The van der Waals surface area contributed by atoms with E-state index < -0.39 is 11.6 Å². The van der Waals surface area contributed by atoms with Crippen molar-refractivity contribution < 1.29 is 13.2 Å². The molecule has 1 aliphatic heterocycles. The Morgan fingerprint density at radius 3 is 2.43 bits per heavy atom. The quantitative estimate of drug-likeness (QED) is 0.480. The summed E-state index contributed by atoms with van der Waals surface area (Å²) in [5.74, 6) is -1.08. The van der Waals surface area contributed by atoms with Crippen LogP contribution >= 0.6 is 11.8 Å². The van der Waals surface area contributed by atoms with Crippen LogP contribution in [0.1, 0.15) is 43.6 Å². The van der Waals surface area contributed by atoms with Gasteiger partial charge in [-0.05, 0) is 63.2 Å². The number of rotatable bonds is 6. The molecule has 0 N–H and O–H groups in total. The predicted molar refractivity (Wildman–Crippen MR) is 111 cm³/mol. The first-order chi connectivity index (χ1) is 14.5. The highest BCUT2D eigenvalue weighted by Crippen LogP contribution is 2.31. The average Bonchev–Trinajstić information content (AvgIpc) is 3.19. The van der Waals surface area contributed by atoms with Crippen LogP contribution in [0.2, 0.25) is 0 Å². The van der Waals surface area contributed by atoms with E-state index in [2.05, 4.69) is 22.0 Å². The first kappa shape index (κ1) is 20.9. The maximum absolute atomic E-state index is 14.1. The maximum Gasteiger partial charge on any atom is 0.196 e. The molecule has 2 heterocycles. The van der Waals surface area contributed by atoms with Crippen molar-refractivity contribution in [1.29, 1.82) is 0 Å². The third-order valence-corrected chi connectivity index (χ3v) is 6.42. The Labute approximate surface area is 178 Å². The van der Waals surface area contributed by atoms with Crippen molar-refractivity contribution in [2.24, 2.45) is 0 Å². The van der Waals surface area contributed by atoms with E-state index in [4.69, 9.17) is 0 Å². The minimum atomic E-state index is -0.868. The fourth-order valence-corrected chi connectivity index (χ4v) is 4.68. The van der Waals surface area contributed by atoms with Crippen LogP contribution in [0.25, 0.3) is 5.69 Å². The number of aromatic nitrogens is 3. The van der Waals surface area contributed by atoms with Gasteiger partial charge >= 0.3 is 0 Å². The Kier molecular flexibility index (Phi) is 6.43. The molecular weight excluding hydrogens is 409 g/mol. The van der Waals surface area contributed by atoms with Gasteiger partial charge in [-0.2, -0.15) is 0 Å². The molecule has 1 aliphatic rings. The second kappa shape index (κ2) is 9.22. The lowest BCUT2D eigenvalue weighted by Gasteiger charge is -2.31. The predicted octanol–water partition coefficient (Wildman–Crippen LogP) is 5.52. The molecule has 1 atom stereocenters. The minimum Gasteiger partial charge on any atom is -0.294 e. The zero-order valence-corrected chi connectivity index (χ0v) is 17.5. The zero-order chi connectivity index (χ0) is 21.1. The number of nitrogens with zero attached hydrogens (tertiary/aromatic N) is 4. The summed E-state index contributed by atoms with van der Waals surface area (Å²) in [6.07, 6.45) is 3.53. The number of hydrogen-bond donors (Lipinski definition) is 0. The summed E-state index contributed by atoms with van der Waals surface area (Å²) >= 11 is 1.28. The molecule has 0 saturated carbocycles. The largest absolute Gasteiger partial charge is 0.294 e. The first-order valence-corrected chi connectivity index (χ1v) is 11.0. The van der Waals surface area contributed by atoms with Crippen molar-refractivity contribution in [3.8, 4) is 5.69 Å². The molecule has 0 bridgehead atoms. The highest BCUT2D eigenvalue weighted by Gasteiger charge is 2.25. The van der Waals surface area contributed by atoms with Crippen LogP contribution in [0, 0.1) is 17.5 Å². The molecule has 8 heteroatoms. The van der Waals surface area contributed by atoms with Gasteiger partial charge in [0.15, 0.2) is 22.6 Å². The summed E-state index contributed by atoms with van der Waals surface area (Å²) < 4.78 is 43.0. The van der Waals surface area contributed by atoms with E-state index in [1.54, 1.807) is 18.2 Å². The van der Waals surface area contributed by atoms with Crippen LogP contribution in [0.5, 0.6) is 0 Å². The van der Waals surface area contributed by atoms with Crippen molar-refractivity contribution in [3.05, 3.63) is 71.3 Å². The van der Waals surface area contributed by atoms with E-state index in [9.17, 15) is 13.2 Å². The molecular formula is C22H23F3N4S. The minimum absolute atomic E-state index is 0.0307. The van der Waals surface area contributed by atoms with E-state index in [0.717, 1.165) is 43.5 Å². The monoisotopic (exact) mass is 432 g/mol. The number of piperidine rings is 1. The number of thioether (sulfide) groups is 1. The summed E-state index contributed by atoms with van der Waals surface area (Å²) in [6.45, 7) is 4.08. The van der Waals surface area contributed by atoms with Gasteiger partial charge in [-0.1, -0.05) is 30.3 Å². The molecule has 0 amide bonds. The van der Waals surface area contributed by atoms with Crippen LogP contribution in [-0.2, 0) is 5.75 Å². The van der Waals surface area contributed by atoms with Crippen LogP contribution in [0.15, 0.2) is 47.6 Å². The van der Waals surface area contributed by atoms with Gasteiger partial charge < -0.3 is 0 Å². The summed E-state index contributed by atoms with van der Waals surface area (Å²) in [6, 6.07) is 10.3. The van der Waals surface area contributed by atoms with Gasteiger partial charge in [-0.25, -0.2) is 13.2 Å². The van der Waals surface area contributed by atoms with E-state index in [0.29, 0.717) is 5.16 Å². The van der Waals surface area contributed by atoms with Gasteiger partial charge in [0, 0.05) is 17.0 Å². The highest BCUT2D eigenvalue weighted by molar-refractivity contribution is 7.98. The van der Waals surface area contributed by atoms with Crippen LogP contribution in [-0.4, -0.2) is 32.8 Å². The Balaban J connectivity index is 1.66. The number of benzene rings is 2.